The molecule has 0 amide bonds. The van der Waals surface area contributed by atoms with Crippen molar-refractivity contribution in [1.29, 1.82) is 0 Å². The SMILES string of the molecule is CS(=O)(=O)CCCOc1cccc2c1cnn2-c1ccnc(N[C@H]2CC[C@H](NS(C)(=O)=O)CC2)n1. The molecule has 35 heavy (non-hydrogen) atoms. The van der Waals surface area contributed by atoms with Gasteiger partial charge in [-0.15, -0.1) is 0 Å². The van der Waals surface area contributed by atoms with Crippen LogP contribution in [0, 0.1) is 0 Å². The molecule has 0 unspecified atom stereocenters. The highest BCUT2D eigenvalue weighted by molar-refractivity contribution is 7.90. The van der Waals surface area contributed by atoms with Gasteiger partial charge in [0, 0.05) is 30.6 Å². The number of sulfone groups is 1. The van der Waals surface area contributed by atoms with Gasteiger partial charge < -0.3 is 10.1 Å². The molecule has 1 aromatic carbocycles. The van der Waals surface area contributed by atoms with E-state index >= 15 is 0 Å². The molecule has 0 spiro atoms. The van der Waals surface area contributed by atoms with E-state index in [2.05, 4.69) is 25.1 Å². The van der Waals surface area contributed by atoms with Gasteiger partial charge in [-0.2, -0.15) is 10.1 Å². The van der Waals surface area contributed by atoms with E-state index in [4.69, 9.17) is 4.74 Å². The first-order valence-corrected chi connectivity index (χ1v) is 15.4. The van der Waals surface area contributed by atoms with Crippen LogP contribution in [-0.2, 0) is 19.9 Å². The predicted molar refractivity (Wildman–Crippen MR) is 134 cm³/mol. The molecule has 4 rings (SSSR count). The summed E-state index contributed by atoms with van der Waals surface area (Å²) in [4.78, 5) is 8.97. The summed E-state index contributed by atoms with van der Waals surface area (Å²) in [6, 6.07) is 7.49. The molecule has 3 aromatic rings. The summed E-state index contributed by atoms with van der Waals surface area (Å²) in [5, 5.41) is 8.64. The minimum Gasteiger partial charge on any atom is -0.493 e. The Morgan fingerprint density at radius 1 is 1.06 bits per heavy atom. The number of benzene rings is 1. The molecular formula is C22H30N6O5S2. The highest BCUT2D eigenvalue weighted by Gasteiger charge is 2.24. The molecule has 1 aliphatic carbocycles. The van der Waals surface area contributed by atoms with Gasteiger partial charge >= 0.3 is 0 Å². The number of hydrogen-bond donors (Lipinski definition) is 2. The molecule has 0 radical (unpaired) electrons. The lowest BCUT2D eigenvalue weighted by Gasteiger charge is -2.29. The number of rotatable bonds is 10. The number of ether oxygens (including phenoxy) is 1. The third-order valence-corrected chi connectivity index (χ3v) is 7.58. The number of nitrogens with zero attached hydrogens (tertiary/aromatic N) is 4. The lowest BCUT2D eigenvalue weighted by Crippen LogP contribution is -2.39. The second kappa shape index (κ2) is 10.5. The van der Waals surface area contributed by atoms with Gasteiger partial charge in [0.05, 0.1) is 35.7 Å². The van der Waals surface area contributed by atoms with E-state index in [-0.39, 0.29) is 17.8 Å². The minimum atomic E-state index is -3.20. The number of nitrogens with one attached hydrogen (secondary N) is 2. The Hall–Kier alpha value is -2.77. The molecule has 0 saturated heterocycles. The van der Waals surface area contributed by atoms with Crippen molar-refractivity contribution in [2.24, 2.45) is 0 Å². The Morgan fingerprint density at radius 3 is 2.51 bits per heavy atom. The fraction of sp³-hybridized carbons (Fsp3) is 0.500. The molecule has 2 N–H and O–H groups in total. The Labute approximate surface area is 205 Å². The molecule has 0 atom stereocenters. The van der Waals surface area contributed by atoms with Crippen LogP contribution in [0.1, 0.15) is 32.1 Å². The standard InChI is InChI=1S/C22H30N6O5S2/c1-34(29,30)14-4-13-33-20-6-3-5-19-18(20)15-24-28(19)21-11-12-23-22(26-21)25-16-7-9-17(10-8-16)27-35(2,31)32/h3,5-6,11-12,15-17,27H,4,7-10,13-14H2,1-2H3,(H,23,25,26)/t16-,17-. The van der Waals surface area contributed by atoms with Crippen LogP contribution >= 0.6 is 0 Å². The zero-order valence-corrected chi connectivity index (χ0v) is 21.3. The van der Waals surface area contributed by atoms with Crippen molar-refractivity contribution in [3.8, 4) is 11.6 Å². The Bertz CT molecular complexity index is 1380. The number of sulfonamides is 1. The van der Waals surface area contributed by atoms with Gasteiger partial charge in [-0.1, -0.05) is 6.07 Å². The lowest BCUT2D eigenvalue weighted by atomic mass is 9.92. The van der Waals surface area contributed by atoms with Crippen molar-refractivity contribution < 1.29 is 21.6 Å². The summed E-state index contributed by atoms with van der Waals surface area (Å²) >= 11 is 0. The van der Waals surface area contributed by atoms with Crippen molar-refractivity contribution in [3.05, 3.63) is 36.7 Å². The van der Waals surface area contributed by atoms with Crippen LogP contribution in [0.15, 0.2) is 36.7 Å². The van der Waals surface area contributed by atoms with E-state index < -0.39 is 19.9 Å². The average molecular weight is 523 g/mol. The molecule has 0 aliphatic heterocycles. The van der Waals surface area contributed by atoms with Gasteiger partial charge in [-0.25, -0.2) is 31.2 Å². The molecule has 2 aromatic heterocycles. The molecule has 1 aliphatic rings. The maximum Gasteiger partial charge on any atom is 0.224 e. The number of anilines is 1. The molecule has 0 bridgehead atoms. The lowest BCUT2D eigenvalue weighted by molar-refractivity contribution is 0.321. The maximum atomic E-state index is 11.5. The van der Waals surface area contributed by atoms with Crippen LogP contribution in [0.3, 0.4) is 0 Å². The average Bonchev–Trinajstić information content (AvgIpc) is 3.22. The molecule has 2 heterocycles. The van der Waals surface area contributed by atoms with Crippen LogP contribution in [0.25, 0.3) is 16.7 Å². The van der Waals surface area contributed by atoms with Gasteiger partial charge in [-0.3, -0.25) is 0 Å². The van der Waals surface area contributed by atoms with E-state index in [1.165, 1.54) is 12.5 Å². The normalized spacial score (nSPS) is 19.0. The van der Waals surface area contributed by atoms with E-state index in [0.717, 1.165) is 36.6 Å². The fourth-order valence-electron chi connectivity index (χ4n) is 4.21. The van der Waals surface area contributed by atoms with Crippen LogP contribution in [0.4, 0.5) is 5.95 Å². The summed E-state index contributed by atoms with van der Waals surface area (Å²) in [7, 11) is -6.22. The van der Waals surface area contributed by atoms with Crippen molar-refractivity contribution >= 4 is 36.7 Å². The first-order chi connectivity index (χ1) is 16.6. The summed E-state index contributed by atoms with van der Waals surface area (Å²) in [5.41, 5.74) is 0.808. The van der Waals surface area contributed by atoms with Gasteiger partial charge in [0.2, 0.25) is 16.0 Å². The van der Waals surface area contributed by atoms with Crippen molar-refractivity contribution in [3.63, 3.8) is 0 Å². The fourth-order valence-corrected chi connectivity index (χ4v) is 5.70. The van der Waals surface area contributed by atoms with E-state index in [0.29, 0.717) is 30.5 Å². The van der Waals surface area contributed by atoms with E-state index in [9.17, 15) is 16.8 Å². The van der Waals surface area contributed by atoms with E-state index in [1.54, 1.807) is 23.1 Å². The zero-order valence-electron chi connectivity index (χ0n) is 19.7. The Kier molecular flexibility index (Phi) is 7.57. The highest BCUT2D eigenvalue weighted by Crippen LogP contribution is 2.27. The number of aromatic nitrogens is 4. The third-order valence-electron chi connectivity index (χ3n) is 5.79. The van der Waals surface area contributed by atoms with Gasteiger partial charge in [-0.05, 0) is 44.2 Å². The summed E-state index contributed by atoms with van der Waals surface area (Å²) in [5.74, 6) is 1.79. The van der Waals surface area contributed by atoms with Crippen molar-refractivity contribution in [1.82, 2.24) is 24.5 Å². The molecular weight excluding hydrogens is 492 g/mol. The second-order valence-corrected chi connectivity index (χ2v) is 12.9. The van der Waals surface area contributed by atoms with Crippen LogP contribution in [0.2, 0.25) is 0 Å². The maximum absolute atomic E-state index is 11.5. The van der Waals surface area contributed by atoms with E-state index in [1.807, 2.05) is 18.2 Å². The topological polar surface area (TPSA) is 145 Å². The van der Waals surface area contributed by atoms with Crippen LogP contribution < -0.4 is 14.8 Å². The number of fused-ring (bicyclic) bond motifs is 1. The van der Waals surface area contributed by atoms with Crippen LogP contribution in [-0.4, -0.2) is 73.5 Å². The summed E-state index contributed by atoms with van der Waals surface area (Å²) in [6.45, 7) is 0.293. The quantitative estimate of drug-likeness (QED) is 0.381. The van der Waals surface area contributed by atoms with Crippen molar-refractivity contribution in [2.45, 2.75) is 44.2 Å². The monoisotopic (exact) mass is 522 g/mol. The molecule has 1 fully saturated rings. The largest absolute Gasteiger partial charge is 0.493 e. The first kappa shape index (κ1) is 25.3. The first-order valence-electron chi connectivity index (χ1n) is 11.4. The number of hydrogen-bond acceptors (Lipinski definition) is 9. The van der Waals surface area contributed by atoms with Crippen LogP contribution in [0.5, 0.6) is 5.75 Å². The molecule has 1 saturated carbocycles. The smallest absolute Gasteiger partial charge is 0.224 e. The van der Waals surface area contributed by atoms with Gasteiger partial charge in [0.25, 0.3) is 0 Å². The molecule has 11 nitrogen and oxygen atoms in total. The summed E-state index contributed by atoms with van der Waals surface area (Å²) in [6.07, 6.45) is 9.30. The minimum absolute atomic E-state index is 0.0338. The predicted octanol–water partition coefficient (Wildman–Crippen LogP) is 1.90. The second-order valence-electron chi connectivity index (χ2n) is 8.90. The van der Waals surface area contributed by atoms with Gasteiger partial charge in [0.15, 0.2) is 5.82 Å². The van der Waals surface area contributed by atoms with Gasteiger partial charge in [0.1, 0.15) is 15.6 Å². The Balaban J connectivity index is 1.43. The highest BCUT2D eigenvalue weighted by atomic mass is 32.2. The molecule has 190 valence electrons. The van der Waals surface area contributed by atoms with Crippen molar-refractivity contribution in [2.75, 3.05) is 30.2 Å². The molecule has 13 heteroatoms. The zero-order chi connectivity index (χ0) is 25.1. The Morgan fingerprint density at radius 2 is 1.80 bits per heavy atom. The summed E-state index contributed by atoms with van der Waals surface area (Å²) < 4.78 is 55.8. The third kappa shape index (κ3) is 7.12.